The van der Waals surface area contributed by atoms with Gasteiger partial charge in [0.05, 0.1) is 5.02 Å². The number of carbonyl (C=O) groups excluding carboxylic acids is 1. The number of alkyl halides is 4. The maximum atomic E-state index is 14.5. The van der Waals surface area contributed by atoms with Gasteiger partial charge in [0, 0.05) is 23.9 Å². The van der Waals surface area contributed by atoms with Crippen molar-refractivity contribution in [2.75, 3.05) is 12.0 Å². The Morgan fingerprint density at radius 2 is 2.00 bits per heavy atom. The summed E-state index contributed by atoms with van der Waals surface area (Å²) in [4.78, 5) is 19.4. The Bertz CT molecular complexity index is 1050. The predicted molar refractivity (Wildman–Crippen MR) is 98.4 cm³/mol. The molecular formula is C18H13ClF6N4O2. The standard InChI is InChI=1S/C18H13ClF6N4O2/c19-8-3-12(22)14(27-6-8)15(30)28-9-1-2-11(21)10(4-9)17(7-20)5-13(18(23,24)25)31-16(26)29-17/h1-4,6,13H,5,7H2,(H2,26,29)(H,28,30). The molecule has 166 valence electrons. The van der Waals surface area contributed by atoms with Crippen LogP contribution in [0.15, 0.2) is 35.5 Å². The second-order valence-corrected chi connectivity index (χ2v) is 7.04. The zero-order chi connectivity index (χ0) is 23.0. The number of rotatable bonds is 4. The number of nitrogens with zero attached hydrogens (tertiary/aromatic N) is 2. The number of hydrogen-bond acceptors (Lipinski definition) is 5. The number of hydrogen-bond donors (Lipinski definition) is 2. The molecule has 0 aliphatic carbocycles. The van der Waals surface area contributed by atoms with E-state index in [4.69, 9.17) is 17.3 Å². The summed E-state index contributed by atoms with van der Waals surface area (Å²) in [6.45, 7) is -1.54. The van der Waals surface area contributed by atoms with Gasteiger partial charge in [0.25, 0.3) is 11.9 Å². The molecule has 0 bridgehead atoms. The van der Waals surface area contributed by atoms with E-state index >= 15 is 0 Å². The summed E-state index contributed by atoms with van der Waals surface area (Å²) >= 11 is 5.57. The summed E-state index contributed by atoms with van der Waals surface area (Å²) in [6.07, 6.45) is -7.51. The smallest absolute Gasteiger partial charge is 0.425 e. The van der Waals surface area contributed by atoms with E-state index in [2.05, 4.69) is 20.0 Å². The lowest BCUT2D eigenvalue weighted by Crippen LogP contribution is -2.48. The van der Waals surface area contributed by atoms with Crippen molar-refractivity contribution in [1.29, 1.82) is 0 Å². The SMILES string of the molecule is NC1=NC(CF)(c2cc(NC(=O)c3ncc(Cl)cc3F)ccc2F)CC(C(F)(F)F)O1. The Morgan fingerprint density at radius 1 is 1.29 bits per heavy atom. The van der Waals surface area contributed by atoms with E-state index in [1.807, 2.05) is 0 Å². The van der Waals surface area contributed by atoms with Crippen LogP contribution in [0, 0.1) is 11.6 Å². The first-order chi connectivity index (χ1) is 14.4. The van der Waals surface area contributed by atoms with Crippen LogP contribution in [0.3, 0.4) is 0 Å². The number of amidine groups is 1. The number of aliphatic imine (C=N–C) groups is 1. The molecule has 6 nitrogen and oxygen atoms in total. The van der Waals surface area contributed by atoms with Crippen LogP contribution >= 0.6 is 11.6 Å². The van der Waals surface area contributed by atoms with E-state index in [9.17, 15) is 31.1 Å². The highest BCUT2D eigenvalue weighted by atomic mass is 35.5. The molecule has 1 amide bonds. The lowest BCUT2D eigenvalue weighted by Gasteiger charge is -2.36. The monoisotopic (exact) mass is 466 g/mol. The molecule has 0 saturated heterocycles. The quantitative estimate of drug-likeness (QED) is 0.664. The molecule has 2 atom stereocenters. The Morgan fingerprint density at radius 3 is 2.61 bits per heavy atom. The van der Waals surface area contributed by atoms with E-state index in [0.29, 0.717) is 0 Å². The van der Waals surface area contributed by atoms with Gasteiger partial charge in [-0.3, -0.25) is 4.79 Å². The zero-order valence-corrected chi connectivity index (χ0v) is 16.1. The summed E-state index contributed by atoms with van der Waals surface area (Å²) in [5.74, 6) is -3.18. The van der Waals surface area contributed by atoms with Crippen molar-refractivity contribution in [2.24, 2.45) is 10.7 Å². The molecule has 3 rings (SSSR count). The normalized spacial score (nSPS) is 21.3. The van der Waals surface area contributed by atoms with Crippen LogP contribution < -0.4 is 11.1 Å². The summed E-state index contributed by atoms with van der Waals surface area (Å²) in [6, 6.07) is 2.60. The predicted octanol–water partition coefficient (Wildman–Crippen LogP) is 4.10. The number of nitrogens with two attached hydrogens (primary N) is 1. The van der Waals surface area contributed by atoms with E-state index in [0.717, 1.165) is 30.5 Å². The van der Waals surface area contributed by atoms with Gasteiger partial charge in [-0.1, -0.05) is 11.6 Å². The second-order valence-electron chi connectivity index (χ2n) is 6.60. The van der Waals surface area contributed by atoms with Gasteiger partial charge in [0.15, 0.2) is 17.6 Å². The van der Waals surface area contributed by atoms with Crippen LogP contribution in [0.2, 0.25) is 5.02 Å². The number of halogens is 7. The van der Waals surface area contributed by atoms with Crippen LogP contribution in [0.25, 0.3) is 0 Å². The number of carbonyl (C=O) groups is 1. The van der Waals surface area contributed by atoms with Crippen LogP contribution in [0.5, 0.6) is 0 Å². The molecule has 1 aliphatic rings. The summed E-state index contributed by atoms with van der Waals surface area (Å²) < 4.78 is 86.3. The fourth-order valence-corrected chi connectivity index (χ4v) is 3.16. The topological polar surface area (TPSA) is 89.6 Å². The number of aromatic nitrogens is 1. The molecule has 2 aromatic rings. The average molecular weight is 467 g/mol. The Kier molecular flexibility index (Phi) is 6.03. The maximum Gasteiger partial charge on any atom is 0.425 e. The minimum atomic E-state index is -4.92. The minimum Gasteiger partial charge on any atom is -0.452 e. The largest absolute Gasteiger partial charge is 0.452 e. The van der Waals surface area contributed by atoms with Crippen molar-refractivity contribution in [2.45, 2.75) is 24.2 Å². The highest BCUT2D eigenvalue weighted by molar-refractivity contribution is 6.30. The third kappa shape index (κ3) is 4.68. The van der Waals surface area contributed by atoms with Crippen LogP contribution in [0.4, 0.5) is 32.0 Å². The van der Waals surface area contributed by atoms with Gasteiger partial charge in [-0.2, -0.15) is 13.2 Å². The third-order valence-corrected chi connectivity index (χ3v) is 4.65. The maximum absolute atomic E-state index is 14.5. The number of ether oxygens (including phenoxy) is 1. The number of amides is 1. The number of anilines is 1. The van der Waals surface area contributed by atoms with Gasteiger partial charge in [-0.15, -0.1) is 0 Å². The van der Waals surface area contributed by atoms with Gasteiger partial charge in [0.1, 0.15) is 18.0 Å². The van der Waals surface area contributed by atoms with E-state index in [1.54, 1.807) is 0 Å². The van der Waals surface area contributed by atoms with E-state index in [-0.39, 0.29) is 10.7 Å². The van der Waals surface area contributed by atoms with Gasteiger partial charge in [-0.25, -0.2) is 23.1 Å². The fraction of sp³-hybridized carbons (Fsp3) is 0.278. The van der Waals surface area contributed by atoms with Gasteiger partial charge in [0.2, 0.25) is 0 Å². The van der Waals surface area contributed by atoms with Crippen molar-refractivity contribution < 1.29 is 35.9 Å². The first-order valence-corrected chi connectivity index (χ1v) is 8.90. The molecule has 1 aromatic heterocycles. The highest BCUT2D eigenvalue weighted by Crippen LogP contribution is 2.42. The van der Waals surface area contributed by atoms with Crippen molar-refractivity contribution in [3.63, 3.8) is 0 Å². The van der Waals surface area contributed by atoms with Crippen molar-refractivity contribution >= 4 is 29.2 Å². The molecule has 0 saturated carbocycles. The highest BCUT2D eigenvalue weighted by Gasteiger charge is 2.52. The second kappa shape index (κ2) is 8.25. The summed E-state index contributed by atoms with van der Waals surface area (Å²) in [5, 5.41) is 2.15. The van der Waals surface area contributed by atoms with E-state index < -0.39 is 65.7 Å². The molecule has 0 radical (unpaired) electrons. The van der Waals surface area contributed by atoms with Crippen molar-refractivity contribution in [1.82, 2.24) is 4.98 Å². The number of nitrogens with one attached hydrogen (secondary N) is 1. The first kappa shape index (κ1) is 22.7. The first-order valence-electron chi connectivity index (χ1n) is 8.52. The fourth-order valence-electron chi connectivity index (χ4n) is 3.02. The molecule has 2 unspecified atom stereocenters. The zero-order valence-electron chi connectivity index (χ0n) is 15.3. The Labute approximate surface area is 176 Å². The average Bonchev–Trinajstić information content (AvgIpc) is 2.68. The van der Waals surface area contributed by atoms with E-state index in [1.165, 1.54) is 0 Å². The van der Waals surface area contributed by atoms with Crippen molar-refractivity contribution in [3.8, 4) is 0 Å². The van der Waals surface area contributed by atoms with Crippen LogP contribution in [0.1, 0.15) is 22.5 Å². The molecular weight excluding hydrogens is 454 g/mol. The molecule has 1 aromatic carbocycles. The molecule has 0 spiro atoms. The molecule has 31 heavy (non-hydrogen) atoms. The lowest BCUT2D eigenvalue weighted by atomic mass is 9.84. The lowest BCUT2D eigenvalue weighted by molar-refractivity contribution is -0.209. The number of benzene rings is 1. The van der Waals surface area contributed by atoms with Gasteiger partial charge < -0.3 is 15.8 Å². The molecule has 0 fully saturated rings. The van der Waals surface area contributed by atoms with Gasteiger partial charge in [-0.05, 0) is 24.3 Å². The molecule has 2 heterocycles. The molecule has 3 N–H and O–H groups in total. The van der Waals surface area contributed by atoms with Crippen LogP contribution in [-0.4, -0.2) is 35.9 Å². The van der Waals surface area contributed by atoms with Crippen LogP contribution in [-0.2, 0) is 10.3 Å². The Hall–Kier alpha value is -3.02. The Balaban J connectivity index is 1.98. The van der Waals surface area contributed by atoms with Gasteiger partial charge >= 0.3 is 6.18 Å². The molecule has 13 heteroatoms. The molecule has 1 aliphatic heterocycles. The van der Waals surface area contributed by atoms with Crippen molar-refractivity contribution in [3.05, 3.63) is 58.4 Å². The minimum absolute atomic E-state index is 0.0582. The third-order valence-electron chi connectivity index (χ3n) is 4.44. The summed E-state index contributed by atoms with van der Waals surface area (Å²) in [7, 11) is 0. The summed E-state index contributed by atoms with van der Waals surface area (Å²) in [5.41, 5.74) is 1.53. The number of pyridine rings is 1.